The fourth-order valence-electron chi connectivity index (χ4n) is 0.739. The highest BCUT2D eigenvalue weighted by atomic mass is 31.2. The number of phosphoric acid groups is 1. The molecule has 0 fully saturated rings. The van der Waals surface area contributed by atoms with Gasteiger partial charge in [0, 0.05) is 0 Å². The third-order valence-corrected chi connectivity index (χ3v) is 2.16. The van der Waals surface area contributed by atoms with Crippen LogP contribution in [0.15, 0.2) is 0 Å². The Hall–Kier alpha value is 0.0700. The van der Waals surface area contributed by atoms with Gasteiger partial charge in [0.15, 0.2) is 0 Å². The molecule has 0 bridgehead atoms. The van der Waals surface area contributed by atoms with Crippen molar-refractivity contribution in [3.8, 4) is 0 Å². The molecule has 0 heterocycles. The van der Waals surface area contributed by atoms with E-state index >= 15 is 0 Å². The number of hydrogen-bond donors (Lipinski definition) is 2. The minimum atomic E-state index is -3.94. The molecular formula is C6H16NO4P. The maximum atomic E-state index is 10.6. The summed E-state index contributed by atoms with van der Waals surface area (Å²) in [7, 11) is -3.94. The molecule has 74 valence electrons. The molecular weight excluding hydrogens is 181 g/mol. The molecule has 0 amide bonds. The van der Waals surface area contributed by atoms with Crippen molar-refractivity contribution >= 4 is 7.82 Å². The van der Waals surface area contributed by atoms with Crippen LogP contribution in [-0.2, 0) is 13.7 Å². The van der Waals surface area contributed by atoms with Crippen molar-refractivity contribution < 1.29 is 18.6 Å². The second-order valence-electron chi connectivity index (χ2n) is 2.47. The third-order valence-electron chi connectivity index (χ3n) is 1.39. The average Bonchev–Trinajstić information content (AvgIpc) is 2.04. The monoisotopic (exact) mass is 197 g/mol. The van der Waals surface area contributed by atoms with Crippen molar-refractivity contribution in [2.45, 2.75) is 32.6 Å². The van der Waals surface area contributed by atoms with Gasteiger partial charge in [-0.15, -0.1) is 0 Å². The molecule has 0 aromatic carbocycles. The highest BCUT2D eigenvalue weighted by molar-refractivity contribution is 7.47. The number of hydrogen-bond acceptors (Lipinski definition) is 4. The van der Waals surface area contributed by atoms with E-state index in [0.29, 0.717) is 0 Å². The second-order valence-corrected chi connectivity index (χ2v) is 3.87. The lowest BCUT2D eigenvalue weighted by Crippen LogP contribution is -2.01. The van der Waals surface area contributed by atoms with Crippen molar-refractivity contribution in [3.63, 3.8) is 0 Å². The van der Waals surface area contributed by atoms with Gasteiger partial charge in [0.25, 0.3) is 0 Å². The number of unbranched alkanes of at least 4 members (excludes halogenated alkanes) is 3. The Kier molecular flexibility index (Phi) is 6.61. The zero-order valence-corrected chi connectivity index (χ0v) is 8.13. The van der Waals surface area contributed by atoms with Crippen LogP contribution in [0.3, 0.4) is 0 Å². The summed E-state index contributed by atoms with van der Waals surface area (Å²) in [5.41, 5.74) is 0. The molecule has 0 aliphatic heterocycles. The first-order chi connectivity index (χ1) is 5.62. The van der Waals surface area contributed by atoms with E-state index in [4.69, 9.17) is 4.89 Å². The molecule has 0 saturated heterocycles. The molecule has 3 N–H and O–H groups in total. The largest absolute Gasteiger partial charge is 0.488 e. The van der Waals surface area contributed by atoms with Gasteiger partial charge >= 0.3 is 7.82 Å². The molecule has 0 rings (SSSR count). The molecule has 0 aromatic rings. The maximum absolute atomic E-state index is 10.6. The van der Waals surface area contributed by atoms with Crippen LogP contribution in [-0.4, -0.2) is 11.5 Å². The second kappa shape index (κ2) is 6.57. The zero-order valence-electron chi connectivity index (χ0n) is 7.23. The van der Waals surface area contributed by atoms with Gasteiger partial charge in [0.2, 0.25) is 0 Å². The Morgan fingerprint density at radius 3 is 2.58 bits per heavy atom. The van der Waals surface area contributed by atoms with Crippen LogP contribution >= 0.6 is 7.82 Å². The number of nitrogens with two attached hydrogens (primary N) is 1. The Morgan fingerprint density at radius 1 is 1.42 bits per heavy atom. The van der Waals surface area contributed by atoms with Crippen molar-refractivity contribution in [1.29, 1.82) is 0 Å². The maximum Gasteiger partial charge on any atom is 0.488 e. The van der Waals surface area contributed by atoms with Crippen LogP contribution in [0, 0.1) is 0 Å². The number of rotatable bonds is 7. The van der Waals surface area contributed by atoms with E-state index in [2.05, 4.69) is 22.0 Å². The van der Waals surface area contributed by atoms with Crippen LogP contribution in [0.1, 0.15) is 32.6 Å². The summed E-state index contributed by atoms with van der Waals surface area (Å²) in [6.45, 7) is 2.30. The molecule has 12 heavy (non-hydrogen) atoms. The summed E-state index contributed by atoms with van der Waals surface area (Å²) in [6, 6.07) is 0. The molecule has 1 atom stereocenters. The van der Waals surface area contributed by atoms with Crippen LogP contribution in [0.5, 0.6) is 0 Å². The van der Waals surface area contributed by atoms with Gasteiger partial charge in [-0.05, 0) is 6.42 Å². The fraction of sp³-hybridized carbons (Fsp3) is 1.00. The summed E-state index contributed by atoms with van der Waals surface area (Å²) < 4.78 is 18.8. The summed E-state index contributed by atoms with van der Waals surface area (Å²) >= 11 is 0. The standard InChI is InChI=1S/C6H16NO4P/c1-2-3-4-5-6-10-12(8,9)11-7/h2-7H2,1H3,(H,8,9). The van der Waals surface area contributed by atoms with Crippen LogP contribution in [0.4, 0.5) is 0 Å². The van der Waals surface area contributed by atoms with E-state index in [1.54, 1.807) is 0 Å². The molecule has 0 aromatic heterocycles. The van der Waals surface area contributed by atoms with Crippen LogP contribution < -0.4 is 5.90 Å². The lowest BCUT2D eigenvalue weighted by molar-refractivity contribution is 0.149. The minimum absolute atomic E-state index is 0.213. The molecule has 1 unspecified atom stereocenters. The first-order valence-corrected chi connectivity index (χ1v) is 5.47. The summed E-state index contributed by atoms with van der Waals surface area (Å²) in [5.74, 6) is 4.51. The molecule has 5 nitrogen and oxygen atoms in total. The lowest BCUT2D eigenvalue weighted by atomic mass is 10.2. The van der Waals surface area contributed by atoms with Crippen molar-refractivity contribution in [2.75, 3.05) is 6.61 Å². The van der Waals surface area contributed by atoms with Gasteiger partial charge in [-0.2, -0.15) is 0 Å². The fourth-order valence-corrected chi connectivity index (χ4v) is 1.16. The van der Waals surface area contributed by atoms with Gasteiger partial charge in [-0.3, -0.25) is 4.52 Å². The highest BCUT2D eigenvalue weighted by Crippen LogP contribution is 2.40. The molecule has 0 aliphatic carbocycles. The molecule has 0 saturated carbocycles. The smallest absolute Gasteiger partial charge is 0.302 e. The summed E-state index contributed by atoms with van der Waals surface area (Å²) in [6.07, 6.45) is 3.95. The minimum Gasteiger partial charge on any atom is -0.302 e. The van der Waals surface area contributed by atoms with Crippen molar-refractivity contribution in [2.24, 2.45) is 5.90 Å². The van der Waals surface area contributed by atoms with E-state index in [0.717, 1.165) is 25.7 Å². The zero-order chi connectivity index (χ0) is 9.45. The van der Waals surface area contributed by atoms with E-state index in [-0.39, 0.29) is 6.61 Å². The average molecular weight is 197 g/mol. The van der Waals surface area contributed by atoms with Gasteiger partial charge in [0.05, 0.1) is 6.61 Å². The molecule has 6 heteroatoms. The van der Waals surface area contributed by atoms with Crippen molar-refractivity contribution in [3.05, 3.63) is 0 Å². The first-order valence-electron chi connectivity index (χ1n) is 3.98. The highest BCUT2D eigenvalue weighted by Gasteiger charge is 2.18. The first kappa shape index (κ1) is 12.1. The Balaban J connectivity index is 3.25. The molecule has 0 aliphatic rings. The van der Waals surface area contributed by atoms with E-state index in [9.17, 15) is 4.57 Å². The quantitative estimate of drug-likeness (QED) is 0.368. The molecule has 0 radical (unpaired) electrons. The Morgan fingerprint density at radius 2 is 2.08 bits per heavy atom. The predicted molar refractivity (Wildman–Crippen MR) is 45.2 cm³/mol. The SMILES string of the molecule is CCCCCCOP(=O)(O)ON. The van der Waals surface area contributed by atoms with E-state index in [1.165, 1.54) is 0 Å². The van der Waals surface area contributed by atoms with Gasteiger partial charge in [-0.1, -0.05) is 26.2 Å². The van der Waals surface area contributed by atoms with Crippen LogP contribution in [0.25, 0.3) is 0 Å². The summed E-state index contributed by atoms with van der Waals surface area (Å²) in [5, 5.41) is 0. The normalized spacial score (nSPS) is 15.9. The lowest BCUT2D eigenvalue weighted by Gasteiger charge is -2.07. The predicted octanol–water partition coefficient (Wildman–Crippen LogP) is 1.57. The number of phosphoric ester groups is 1. The third kappa shape index (κ3) is 6.76. The Bertz CT molecular complexity index is 152. The summed E-state index contributed by atoms with van der Waals surface area (Å²) in [4.78, 5) is 8.67. The van der Waals surface area contributed by atoms with Gasteiger partial charge < -0.3 is 4.89 Å². The van der Waals surface area contributed by atoms with Gasteiger partial charge in [-0.25, -0.2) is 15.1 Å². The molecule has 0 spiro atoms. The Labute approximate surface area is 72.4 Å². The van der Waals surface area contributed by atoms with Crippen molar-refractivity contribution in [1.82, 2.24) is 0 Å². The van der Waals surface area contributed by atoms with E-state index in [1.807, 2.05) is 0 Å². The van der Waals surface area contributed by atoms with Crippen LogP contribution in [0.2, 0.25) is 0 Å². The van der Waals surface area contributed by atoms with Gasteiger partial charge in [0.1, 0.15) is 0 Å². The van der Waals surface area contributed by atoms with E-state index < -0.39 is 7.82 Å². The topological polar surface area (TPSA) is 81.8 Å².